The number of pyridine rings is 1. The van der Waals surface area contributed by atoms with E-state index in [1.54, 1.807) is 6.07 Å². The monoisotopic (exact) mass is 531 g/mol. The standard InChI is InChI=1S/C25H17ClF5NO3.Na/c26-15-5-7-23(35-12-13-4-6-16(27)11-20(13)28)19(10-15)17-2-1-3-18(17)21-8-14(25(29,30)31)9-22(32-21)24(33)34;/h4-11H,1-3,12H2,(H,33,34);/q;+1/p-1. The summed E-state index contributed by atoms with van der Waals surface area (Å²) in [6.07, 6.45) is -3.43. The molecule has 1 heterocycles. The molecule has 0 radical (unpaired) electrons. The number of carbonyl (C=O) groups is 1. The van der Waals surface area contributed by atoms with Crippen LogP contribution in [0.5, 0.6) is 5.75 Å². The van der Waals surface area contributed by atoms with Gasteiger partial charge in [0.2, 0.25) is 0 Å². The van der Waals surface area contributed by atoms with Gasteiger partial charge in [-0.05, 0) is 72.9 Å². The first-order valence-corrected chi connectivity index (χ1v) is 10.8. The average Bonchev–Trinajstić information content (AvgIpc) is 3.28. The van der Waals surface area contributed by atoms with E-state index < -0.39 is 35.0 Å². The predicted molar refractivity (Wildman–Crippen MR) is 116 cm³/mol. The molecule has 2 aromatic carbocycles. The number of allylic oxidation sites excluding steroid dienone is 2. The van der Waals surface area contributed by atoms with E-state index in [0.29, 0.717) is 47.1 Å². The number of carboxylic acid groups (broad SMARTS) is 1. The minimum absolute atomic E-state index is 0. The number of halogens is 6. The smallest absolute Gasteiger partial charge is 0.543 e. The summed E-state index contributed by atoms with van der Waals surface area (Å²) >= 11 is 6.17. The molecule has 36 heavy (non-hydrogen) atoms. The minimum Gasteiger partial charge on any atom is -0.543 e. The van der Waals surface area contributed by atoms with Crippen LogP contribution < -0.4 is 39.4 Å². The summed E-state index contributed by atoms with van der Waals surface area (Å²) in [4.78, 5) is 15.2. The first kappa shape index (κ1) is 28.1. The van der Waals surface area contributed by atoms with Crippen LogP contribution in [0.25, 0.3) is 11.1 Å². The number of aromatic carboxylic acids is 1. The Hall–Kier alpha value is -2.46. The molecule has 0 atom stereocenters. The summed E-state index contributed by atoms with van der Waals surface area (Å²) in [6, 6.07) is 8.93. The van der Waals surface area contributed by atoms with Crippen molar-refractivity contribution in [2.45, 2.75) is 32.0 Å². The topological polar surface area (TPSA) is 62.2 Å². The minimum atomic E-state index is -4.79. The van der Waals surface area contributed by atoms with Crippen LogP contribution in [0, 0.1) is 11.6 Å². The van der Waals surface area contributed by atoms with E-state index in [1.807, 2.05) is 0 Å². The largest absolute Gasteiger partial charge is 1.00 e. The van der Waals surface area contributed by atoms with Crippen LogP contribution >= 0.6 is 11.6 Å². The van der Waals surface area contributed by atoms with Crippen LogP contribution in [-0.4, -0.2) is 11.0 Å². The summed E-state index contributed by atoms with van der Waals surface area (Å²) in [7, 11) is 0. The molecule has 0 unspecified atom stereocenters. The van der Waals surface area contributed by atoms with Crippen molar-refractivity contribution in [3.8, 4) is 5.75 Å². The molecule has 0 bridgehead atoms. The third-order valence-corrected chi connectivity index (χ3v) is 5.79. The van der Waals surface area contributed by atoms with Crippen LogP contribution in [0.2, 0.25) is 5.02 Å². The zero-order chi connectivity index (χ0) is 25.3. The molecule has 4 nitrogen and oxygen atoms in total. The van der Waals surface area contributed by atoms with Crippen LogP contribution in [-0.2, 0) is 12.8 Å². The molecule has 182 valence electrons. The van der Waals surface area contributed by atoms with Crippen molar-refractivity contribution in [2.75, 3.05) is 0 Å². The second-order valence-corrected chi connectivity index (χ2v) is 8.32. The number of aromatic nitrogens is 1. The fraction of sp³-hybridized carbons (Fsp3) is 0.200. The van der Waals surface area contributed by atoms with E-state index >= 15 is 0 Å². The third-order valence-electron chi connectivity index (χ3n) is 5.55. The van der Waals surface area contributed by atoms with Crippen LogP contribution in [0.4, 0.5) is 22.0 Å². The summed E-state index contributed by atoms with van der Waals surface area (Å²) in [5, 5.41) is 11.6. The Kier molecular flexibility index (Phi) is 8.82. The van der Waals surface area contributed by atoms with Crippen molar-refractivity contribution >= 4 is 28.7 Å². The van der Waals surface area contributed by atoms with Gasteiger partial charge in [-0.25, -0.2) is 13.8 Å². The Morgan fingerprint density at radius 2 is 1.75 bits per heavy atom. The molecule has 0 aliphatic heterocycles. The number of ether oxygens (including phenoxy) is 1. The van der Waals surface area contributed by atoms with Crippen molar-refractivity contribution in [3.05, 3.63) is 93.3 Å². The number of hydrogen-bond donors (Lipinski definition) is 0. The molecule has 0 fully saturated rings. The maximum atomic E-state index is 14.0. The van der Waals surface area contributed by atoms with Gasteiger partial charge in [0.1, 0.15) is 24.0 Å². The quantitative estimate of drug-likeness (QED) is 0.362. The molecule has 0 amide bonds. The van der Waals surface area contributed by atoms with Crippen molar-refractivity contribution in [2.24, 2.45) is 0 Å². The van der Waals surface area contributed by atoms with Gasteiger partial charge in [0.05, 0.1) is 22.9 Å². The first-order valence-electron chi connectivity index (χ1n) is 10.4. The zero-order valence-corrected chi connectivity index (χ0v) is 21.6. The van der Waals surface area contributed by atoms with Crippen LogP contribution in [0.3, 0.4) is 0 Å². The van der Waals surface area contributed by atoms with Gasteiger partial charge >= 0.3 is 35.7 Å². The van der Waals surface area contributed by atoms with E-state index in [0.717, 1.165) is 18.2 Å². The molecule has 11 heteroatoms. The first-order chi connectivity index (χ1) is 16.5. The van der Waals surface area contributed by atoms with Gasteiger partial charge in [-0.1, -0.05) is 11.6 Å². The number of carboxylic acids is 1. The molecule has 1 aliphatic rings. The SMILES string of the molecule is O=C([O-])c1cc(C(F)(F)F)cc(C2=C(c3cc(Cl)ccc3OCc3ccc(F)cc3F)CCC2)n1.[Na+]. The summed E-state index contributed by atoms with van der Waals surface area (Å²) in [5.74, 6) is -3.07. The summed E-state index contributed by atoms with van der Waals surface area (Å²) in [6.45, 7) is -0.236. The second kappa shape index (κ2) is 11.3. The molecule has 0 N–H and O–H groups in total. The molecular formula is C25H16ClF5NNaO3. The van der Waals surface area contributed by atoms with Gasteiger partial charge in [-0.3, -0.25) is 0 Å². The Labute approximate surface area is 230 Å². The van der Waals surface area contributed by atoms with Gasteiger partial charge < -0.3 is 14.6 Å². The molecule has 4 rings (SSSR count). The van der Waals surface area contributed by atoms with Crippen LogP contribution in [0.1, 0.15) is 52.1 Å². The normalized spacial score (nSPS) is 13.5. The van der Waals surface area contributed by atoms with Crippen molar-refractivity contribution in [3.63, 3.8) is 0 Å². The molecule has 0 saturated carbocycles. The van der Waals surface area contributed by atoms with Gasteiger partial charge in [0, 0.05) is 22.2 Å². The fourth-order valence-corrected chi connectivity index (χ4v) is 4.11. The number of benzene rings is 2. The van der Waals surface area contributed by atoms with Crippen molar-refractivity contribution in [1.82, 2.24) is 4.98 Å². The van der Waals surface area contributed by atoms with Gasteiger partial charge in [0.25, 0.3) is 0 Å². The Balaban J connectivity index is 0.00000361. The van der Waals surface area contributed by atoms with Crippen molar-refractivity contribution in [1.29, 1.82) is 0 Å². The zero-order valence-electron chi connectivity index (χ0n) is 18.9. The van der Waals surface area contributed by atoms with E-state index in [-0.39, 0.29) is 53.2 Å². The van der Waals surface area contributed by atoms with E-state index in [9.17, 15) is 31.9 Å². The number of carbonyl (C=O) groups excluding carboxylic acids is 1. The van der Waals surface area contributed by atoms with E-state index in [4.69, 9.17) is 16.3 Å². The summed E-state index contributed by atoms with van der Waals surface area (Å²) in [5.41, 5.74) is -0.565. The Bertz CT molecular complexity index is 1340. The fourth-order valence-electron chi connectivity index (χ4n) is 3.94. The Morgan fingerprint density at radius 3 is 2.42 bits per heavy atom. The number of rotatable bonds is 6. The maximum Gasteiger partial charge on any atom is 1.00 e. The molecule has 1 aliphatic carbocycles. The molecule has 3 aromatic rings. The van der Waals surface area contributed by atoms with E-state index in [2.05, 4.69) is 4.98 Å². The second-order valence-electron chi connectivity index (χ2n) is 7.89. The third kappa shape index (κ3) is 6.26. The van der Waals surface area contributed by atoms with Crippen molar-refractivity contribution < 1.29 is 66.1 Å². The summed E-state index contributed by atoms with van der Waals surface area (Å²) < 4.78 is 73.2. The van der Waals surface area contributed by atoms with E-state index in [1.165, 1.54) is 18.2 Å². The average molecular weight is 532 g/mol. The number of alkyl halides is 3. The molecule has 0 spiro atoms. The molecule has 0 saturated heterocycles. The Morgan fingerprint density at radius 1 is 1.03 bits per heavy atom. The molecular weight excluding hydrogens is 516 g/mol. The maximum absolute atomic E-state index is 14.0. The van der Waals surface area contributed by atoms with Gasteiger partial charge in [0.15, 0.2) is 0 Å². The molecule has 1 aromatic heterocycles. The van der Waals surface area contributed by atoms with Gasteiger partial charge in [-0.15, -0.1) is 0 Å². The number of nitrogens with zero attached hydrogens (tertiary/aromatic N) is 1. The van der Waals surface area contributed by atoms with Gasteiger partial charge in [-0.2, -0.15) is 13.2 Å². The number of hydrogen-bond acceptors (Lipinski definition) is 4. The predicted octanol–water partition coefficient (Wildman–Crippen LogP) is 3.07. The van der Waals surface area contributed by atoms with Crippen LogP contribution in [0.15, 0.2) is 48.5 Å².